The number of hydrogen-bond acceptors (Lipinski definition) is 14. The van der Waals surface area contributed by atoms with Crippen molar-refractivity contribution in [3.63, 3.8) is 0 Å². The van der Waals surface area contributed by atoms with E-state index in [-0.39, 0.29) is 71.7 Å². The van der Waals surface area contributed by atoms with Gasteiger partial charge in [0.15, 0.2) is 0 Å². The summed E-state index contributed by atoms with van der Waals surface area (Å²) in [4.78, 5) is 62.2. The van der Waals surface area contributed by atoms with Crippen LogP contribution in [0.1, 0.15) is 77.6 Å². The van der Waals surface area contributed by atoms with Gasteiger partial charge in [0.1, 0.15) is 12.1 Å². The van der Waals surface area contributed by atoms with Gasteiger partial charge in [0, 0.05) is 13.0 Å². The van der Waals surface area contributed by atoms with Crippen LogP contribution in [-0.2, 0) is 42.9 Å². The molecule has 18 nitrogen and oxygen atoms in total. The molecule has 2 atom stereocenters. The molecule has 0 aromatic heterocycles. The van der Waals surface area contributed by atoms with E-state index in [1.807, 2.05) is 0 Å². The first-order valence-electron chi connectivity index (χ1n) is 20.8. The van der Waals surface area contributed by atoms with E-state index in [0.717, 1.165) is 6.54 Å². The number of ether oxygens (including phenoxy) is 5. The number of nitrogens with one attached hydrogen (secondary N) is 4. The Morgan fingerprint density at radius 2 is 0.952 bits per heavy atom. The van der Waals surface area contributed by atoms with Gasteiger partial charge in [0.2, 0.25) is 58.5 Å². The summed E-state index contributed by atoms with van der Waals surface area (Å²) >= 11 is 0. The second kappa shape index (κ2) is 37.5. The van der Waals surface area contributed by atoms with Crippen LogP contribution in [0.5, 0.6) is 5.75 Å². The van der Waals surface area contributed by atoms with Gasteiger partial charge in [-0.2, -0.15) is 8.78 Å². The van der Waals surface area contributed by atoms with Gasteiger partial charge in [0.05, 0.1) is 65.8 Å². The summed E-state index contributed by atoms with van der Waals surface area (Å²) in [6, 6.07) is -1.73. The highest BCUT2D eigenvalue weighted by Gasteiger charge is 2.29. The number of nitrogens with two attached hydrogens (primary N) is 4. The third-order valence-corrected chi connectivity index (χ3v) is 8.28. The van der Waals surface area contributed by atoms with Gasteiger partial charge >= 0.3 is 5.97 Å². The van der Waals surface area contributed by atoms with Crippen LogP contribution in [0.3, 0.4) is 0 Å². The highest BCUT2D eigenvalue weighted by Crippen LogP contribution is 2.29. The minimum absolute atomic E-state index is 0.0201. The topological polar surface area (TPSA) is 284 Å². The van der Waals surface area contributed by atoms with Crippen molar-refractivity contribution in [1.29, 1.82) is 0 Å². The number of unbranched alkanes of at least 4 members (excludes halogenated alkanes) is 3. The summed E-state index contributed by atoms with van der Waals surface area (Å²) in [5.41, 5.74) is 21.7. The maximum Gasteiger partial charge on any atom is 0.313 e. The summed E-state index contributed by atoms with van der Waals surface area (Å²) in [6.45, 7) is 4.69. The van der Waals surface area contributed by atoms with Crippen molar-refractivity contribution >= 4 is 29.6 Å². The Kier molecular flexibility index (Phi) is 35.0. The molecule has 0 fully saturated rings. The molecule has 1 rings (SSSR count). The Morgan fingerprint density at radius 3 is 1.42 bits per heavy atom. The number of rotatable bonds is 35. The van der Waals surface area contributed by atoms with Crippen molar-refractivity contribution in [3.8, 4) is 5.75 Å². The third kappa shape index (κ3) is 27.1. The van der Waals surface area contributed by atoms with E-state index in [1.165, 1.54) is 12.8 Å². The van der Waals surface area contributed by atoms with Crippen molar-refractivity contribution in [2.45, 2.75) is 89.6 Å². The molecule has 0 aliphatic carbocycles. The van der Waals surface area contributed by atoms with E-state index in [1.54, 1.807) is 0 Å². The Labute approximate surface area is 359 Å². The van der Waals surface area contributed by atoms with E-state index >= 15 is 0 Å². The second-order valence-electron chi connectivity index (χ2n) is 13.4. The SMILES string of the molecule is CCCCN.NCCCCC(NC(=O)CCCN)C(=O)NCC(=O)NC(CCCCN)C(=O)NCCOCCOCCOCCOCCC(=O)Oc1c(F)c(F)c(F)c(F)c1F. The second-order valence-corrected chi connectivity index (χ2v) is 13.4. The first-order chi connectivity index (χ1) is 29.8. The molecular formula is C39H67F5N8O10. The molecule has 0 heterocycles. The maximum atomic E-state index is 13.6. The Hall–Kier alpha value is -4.10. The van der Waals surface area contributed by atoms with Crippen molar-refractivity contribution < 1.29 is 69.6 Å². The van der Waals surface area contributed by atoms with Crippen LogP contribution in [0.15, 0.2) is 0 Å². The largest absolute Gasteiger partial charge is 0.420 e. The predicted molar refractivity (Wildman–Crippen MR) is 218 cm³/mol. The summed E-state index contributed by atoms with van der Waals surface area (Å²) < 4.78 is 92.2. The number of hydrogen-bond donors (Lipinski definition) is 8. The van der Waals surface area contributed by atoms with Crippen molar-refractivity contribution in [2.75, 3.05) is 92.1 Å². The lowest BCUT2D eigenvalue weighted by atomic mass is 10.1. The molecular weight excluding hydrogens is 835 g/mol. The minimum Gasteiger partial charge on any atom is -0.420 e. The zero-order valence-electron chi connectivity index (χ0n) is 35.6. The van der Waals surface area contributed by atoms with Gasteiger partial charge in [-0.15, -0.1) is 0 Å². The average molecular weight is 903 g/mol. The lowest BCUT2D eigenvalue weighted by Gasteiger charge is -2.20. The minimum atomic E-state index is -2.37. The molecule has 358 valence electrons. The molecule has 0 spiro atoms. The normalized spacial score (nSPS) is 11.8. The number of esters is 1. The smallest absolute Gasteiger partial charge is 0.313 e. The van der Waals surface area contributed by atoms with Crippen LogP contribution < -0.4 is 48.9 Å². The summed E-state index contributed by atoms with van der Waals surface area (Å²) in [6.07, 6.45) is 5.60. The van der Waals surface area contributed by atoms with E-state index < -0.39 is 83.6 Å². The van der Waals surface area contributed by atoms with Gasteiger partial charge in [-0.3, -0.25) is 24.0 Å². The van der Waals surface area contributed by atoms with E-state index in [9.17, 15) is 45.9 Å². The van der Waals surface area contributed by atoms with Crippen LogP contribution in [0.25, 0.3) is 0 Å². The molecule has 0 radical (unpaired) electrons. The molecule has 4 amide bonds. The molecule has 0 aliphatic heterocycles. The lowest BCUT2D eigenvalue weighted by molar-refractivity contribution is -0.136. The molecule has 1 aromatic rings. The van der Waals surface area contributed by atoms with Crippen LogP contribution in [0.4, 0.5) is 22.0 Å². The molecule has 62 heavy (non-hydrogen) atoms. The fraction of sp³-hybridized carbons (Fsp3) is 0.718. The fourth-order valence-electron chi connectivity index (χ4n) is 4.92. The van der Waals surface area contributed by atoms with Crippen molar-refractivity contribution in [3.05, 3.63) is 29.1 Å². The molecule has 0 saturated carbocycles. The van der Waals surface area contributed by atoms with E-state index in [4.69, 9.17) is 41.9 Å². The van der Waals surface area contributed by atoms with Gasteiger partial charge < -0.3 is 67.9 Å². The number of carbonyl (C=O) groups excluding carboxylic acids is 5. The van der Waals surface area contributed by atoms with Gasteiger partial charge in [-0.25, -0.2) is 13.2 Å². The van der Waals surface area contributed by atoms with Crippen LogP contribution >= 0.6 is 0 Å². The standard InChI is InChI=1S/C35H56F5N7O10.C4H11N/c36-28-29(37)31(39)33(32(40)30(28)38)57-27(50)9-14-53-16-18-55-20-21-56-19-17-54-15-13-44-34(51)23(6-1-3-10-41)47-26(49)22-45-35(52)24(7-2-4-11-42)46-25(48)8-5-12-43;1-2-3-4-5/h23-24H,1-22,41-43H2,(H,44,51)(H,45,52)(H,46,48)(H,47,49);2-5H2,1H3. The summed E-state index contributed by atoms with van der Waals surface area (Å²) in [7, 11) is 0. The van der Waals surface area contributed by atoms with Gasteiger partial charge in [0.25, 0.3) is 0 Å². The Bertz CT molecular complexity index is 1410. The van der Waals surface area contributed by atoms with Crippen molar-refractivity contribution in [1.82, 2.24) is 21.3 Å². The molecule has 0 aliphatic rings. The number of carbonyl (C=O) groups is 5. The van der Waals surface area contributed by atoms with Gasteiger partial charge in [-0.05, 0) is 77.5 Å². The molecule has 0 bridgehead atoms. The number of amides is 4. The molecule has 2 unspecified atom stereocenters. The first kappa shape index (κ1) is 57.9. The Morgan fingerprint density at radius 1 is 0.516 bits per heavy atom. The first-order valence-corrected chi connectivity index (χ1v) is 20.8. The quantitative estimate of drug-likeness (QED) is 0.0116. The zero-order chi connectivity index (χ0) is 46.5. The highest BCUT2D eigenvalue weighted by atomic mass is 19.2. The van der Waals surface area contributed by atoms with Crippen LogP contribution in [0.2, 0.25) is 0 Å². The molecule has 23 heteroatoms. The molecule has 12 N–H and O–H groups in total. The Balaban J connectivity index is 0.00000700. The van der Waals surface area contributed by atoms with Gasteiger partial charge in [-0.1, -0.05) is 13.3 Å². The average Bonchev–Trinajstić information content (AvgIpc) is 3.26. The van der Waals surface area contributed by atoms with Crippen LogP contribution in [-0.4, -0.2) is 134 Å². The fourth-order valence-corrected chi connectivity index (χ4v) is 4.92. The number of halogens is 5. The maximum absolute atomic E-state index is 13.6. The third-order valence-electron chi connectivity index (χ3n) is 8.28. The van der Waals surface area contributed by atoms with Crippen molar-refractivity contribution in [2.24, 2.45) is 22.9 Å². The molecule has 0 saturated heterocycles. The lowest BCUT2D eigenvalue weighted by Crippen LogP contribution is -2.52. The van der Waals surface area contributed by atoms with Crippen LogP contribution in [0, 0.1) is 29.1 Å². The predicted octanol–water partition coefficient (Wildman–Crippen LogP) is 0.688. The summed E-state index contributed by atoms with van der Waals surface area (Å²) in [5.74, 6) is -16.2. The van der Waals surface area contributed by atoms with E-state index in [0.29, 0.717) is 64.6 Å². The van der Waals surface area contributed by atoms with E-state index in [2.05, 4.69) is 32.9 Å². The summed E-state index contributed by atoms with van der Waals surface area (Å²) in [5, 5.41) is 10.5. The number of benzene rings is 1. The molecule has 1 aromatic carbocycles. The monoisotopic (exact) mass is 902 g/mol. The zero-order valence-corrected chi connectivity index (χ0v) is 35.6. The highest BCUT2D eigenvalue weighted by molar-refractivity contribution is 5.92.